The van der Waals surface area contributed by atoms with Crippen LogP contribution in [0.2, 0.25) is 0 Å². The maximum absolute atomic E-state index is 13.3. The van der Waals surface area contributed by atoms with E-state index < -0.39 is 29.5 Å². The molecular weight excluding hydrogens is 456 g/mol. The van der Waals surface area contributed by atoms with Crippen LogP contribution >= 0.6 is 11.3 Å². The first-order chi connectivity index (χ1) is 16.3. The van der Waals surface area contributed by atoms with Gasteiger partial charge in [-0.25, -0.2) is 4.98 Å². The second-order valence-corrected chi connectivity index (χ2v) is 9.11. The van der Waals surface area contributed by atoms with Gasteiger partial charge >= 0.3 is 0 Å². The Morgan fingerprint density at radius 3 is 2.82 bits per heavy atom. The number of carbonyl (C=O) groups is 3. The fraction of sp³-hybridized carbons (Fsp3) is 0.292. The number of ketones is 1. The smallest absolute Gasteiger partial charge is 0.271 e. The minimum Gasteiger partial charge on any atom is -0.508 e. The number of phenolic OH excluding ortho intramolecular Hbond substituents is 1. The highest BCUT2D eigenvalue weighted by Gasteiger charge is 2.47. The van der Waals surface area contributed by atoms with Crippen molar-refractivity contribution in [1.29, 1.82) is 0 Å². The van der Waals surface area contributed by atoms with Crippen molar-refractivity contribution < 1.29 is 24.2 Å². The molecule has 3 aromatic rings. The van der Waals surface area contributed by atoms with Crippen LogP contribution in [0.15, 0.2) is 54.2 Å². The zero-order valence-corrected chi connectivity index (χ0v) is 19.5. The normalized spacial score (nSPS) is 20.6. The molecule has 0 spiro atoms. The Bertz CT molecular complexity index is 1210. The van der Waals surface area contributed by atoms with Gasteiger partial charge in [0, 0.05) is 29.8 Å². The number of thiazole rings is 1. The second-order valence-electron chi connectivity index (χ2n) is 8.25. The summed E-state index contributed by atoms with van der Waals surface area (Å²) in [5.41, 5.74) is 0.383. The summed E-state index contributed by atoms with van der Waals surface area (Å²) in [4.78, 5) is 47.1. The number of nitrogens with one attached hydrogen (secondary N) is 2. The molecule has 10 heteroatoms. The number of pyridine rings is 1. The lowest BCUT2D eigenvalue weighted by Gasteiger charge is -2.29. The molecule has 4 rings (SSSR count). The molecule has 1 fully saturated rings. The zero-order valence-electron chi connectivity index (χ0n) is 18.6. The lowest BCUT2D eigenvalue weighted by Crippen LogP contribution is -2.60. The third-order valence-corrected chi connectivity index (χ3v) is 6.75. The number of aromatic nitrogens is 2. The van der Waals surface area contributed by atoms with Gasteiger partial charge in [0.1, 0.15) is 34.6 Å². The molecule has 1 aliphatic heterocycles. The van der Waals surface area contributed by atoms with Crippen molar-refractivity contribution in [1.82, 2.24) is 20.6 Å². The van der Waals surface area contributed by atoms with E-state index in [0.29, 0.717) is 10.6 Å². The molecular formula is C24H24N4O5S. The molecule has 0 saturated carbocycles. The van der Waals surface area contributed by atoms with E-state index in [1.54, 1.807) is 49.8 Å². The minimum absolute atomic E-state index is 0.0450. The molecule has 0 radical (unpaired) electrons. The fourth-order valence-corrected chi connectivity index (χ4v) is 4.41. The number of benzene rings is 1. The number of aromatic hydroxyl groups is 1. The van der Waals surface area contributed by atoms with Gasteiger partial charge in [-0.3, -0.25) is 19.4 Å². The Hall–Kier alpha value is -3.63. The number of Topliss-reactive ketones (excluding diaryl/α,β-unsaturated/α-hetero) is 1. The van der Waals surface area contributed by atoms with Gasteiger partial charge in [-0.1, -0.05) is 12.1 Å². The van der Waals surface area contributed by atoms with Crippen LogP contribution < -0.4 is 10.6 Å². The lowest BCUT2D eigenvalue weighted by molar-refractivity contribution is -0.130. The largest absolute Gasteiger partial charge is 0.508 e. The number of hydrogen-bond acceptors (Lipinski definition) is 8. The third-order valence-electron chi connectivity index (χ3n) is 5.86. The molecule has 3 heterocycles. The van der Waals surface area contributed by atoms with Crippen LogP contribution in [0.1, 0.15) is 29.9 Å². The van der Waals surface area contributed by atoms with E-state index in [0.717, 1.165) is 5.56 Å². The molecule has 1 saturated heterocycles. The molecule has 1 aromatic carbocycles. The average Bonchev–Trinajstić information content (AvgIpc) is 3.41. The number of amides is 2. The van der Waals surface area contributed by atoms with Crippen molar-refractivity contribution in [3.8, 4) is 16.3 Å². The van der Waals surface area contributed by atoms with E-state index in [2.05, 4.69) is 20.6 Å². The first-order valence-corrected chi connectivity index (χ1v) is 11.6. The maximum atomic E-state index is 13.3. The number of rotatable bonds is 7. The number of ether oxygens (including phenoxy) is 1. The van der Waals surface area contributed by atoms with Crippen LogP contribution in [0, 0.1) is 0 Å². The summed E-state index contributed by atoms with van der Waals surface area (Å²) in [5, 5.41) is 17.5. The van der Waals surface area contributed by atoms with E-state index >= 15 is 0 Å². The third kappa shape index (κ3) is 4.97. The Kier molecular flexibility index (Phi) is 6.71. The van der Waals surface area contributed by atoms with E-state index in [9.17, 15) is 19.5 Å². The molecule has 3 atom stereocenters. The van der Waals surface area contributed by atoms with E-state index in [4.69, 9.17) is 4.74 Å². The van der Waals surface area contributed by atoms with Crippen LogP contribution in [0.25, 0.3) is 10.6 Å². The molecule has 0 aliphatic carbocycles. The summed E-state index contributed by atoms with van der Waals surface area (Å²) < 4.78 is 5.39. The summed E-state index contributed by atoms with van der Waals surface area (Å²) >= 11 is 1.29. The monoisotopic (exact) mass is 480 g/mol. The molecule has 0 bridgehead atoms. The van der Waals surface area contributed by atoms with Gasteiger partial charge in [0.2, 0.25) is 5.91 Å². The summed E-state index contributed by atoms with van der Waals surface area (Å²) in [6.45, 7) is 3.24. The molecule has 3 N–H and O–H groups in total. The number of nitrogens with zero attached hydrogens (tertiary/aromatic N) is 2. The Balaban J connectivity index is 1.55. The number of hydrogen-bond donors (Lipinski definition) is 3. The van der Waals surface area contributed by atoms with Crippen molar-refractivity contribution in [3.05, 3.63) is 65.4 Å². The van der Waals surface area contributed by atoms with Gasteiger partial charge in [-0.15, -0.1) is 11.3 Å². The predicted octanol–water partition coefficient (Wildman–Crippen LogP) is 2.11. The highest BCUT2D eigenvalue weighted by atomic mass is 32.1. The quantitative estimate of drug-likeness (QED) is 0.472. The van der Waals surface area contributed by atoms with Gasteiger partial charge in [0.15, 0.2) is 5.78 Å². The SMILES string of the molecule is CC1OCC(=O)C1(C)NC(=O)C(Cc1cccc(O)c1)NC(=O)c1csc(-c2cccnc2)n1. The molecule has 2 aromatic heterocycles. The Morgan fingerprint density at radius 2 is 2.15 bits per heavy atom. The Morgan fingerprint density at radius 1 is 1.32 bits per heavy atom. The zero-order chi connectivity index (χ0) is 24.3. The van der Waals surface area contributed by atoms with Crippen molar-refractivity contribution in [3.63, 3.8) is 0 Å². The lowest BCUT2D eigenvalue weighted by atomic mass is 9.92. The summed E-state index contributed by atoms with van der Waals surface area (Å²) in [6.07, 6.45) is 2.89. The molecule has 34 heavy (non-hydrogen) atoms. The van der Waals surface area contributed by atoms with Crippen LogP contribution in [-0.2, 0) is 20.7 Å². The van der Waals surface area contributed by atoms with Crippen molar-refractivity contribution >= 4 is 28.9 Å². The second kappa shape index (κ2) is 9.70. The van der Waals surface area contributed by atoms with Crippen LogP contribution in [0.5, 0.6) is 5.75 Å². The van der Waals surface area contributed by atoms with E-state index in [1.807, 2.05) is 6.07 Å². The summed E-state index contributed by atoms with van der Waals surface area (Å²) in [7, 11) is 0. The van der Waals surface area contributed by atoms with Gasteiger partial charge in [-0.2, -0.15) is 0 Å². The fourth-order valence-electron chi connectivity index (χ4n) is 3.62. The van der Waals surface area contributed by atoms with Gasteiger partial charge < -0.3 is 20.5 Å². The molecule has 3 unspecified atom stereocenters. The standard InChI is InChI=1S/C24H24N4O5S/c1-14-24(2,20(30)12-33-14)28-22(32)18(10-15-5-3-7-17(29)9-15)26-21(31)19-13-34-23(27-19)16-6-4-8-25-11-16/h3-9,11,13-14,18,29H,10,12H2,1-2H3,(H,26,31)(H,28,32). The van der Waals surface area contributed by atoms with Gasteiger partial charge in [0.05, 0.1) is 6.10 Å². The first-order valence-electron chi connectivity index (χ1n) is 10.7. The topological polar surface area (TPSA) is 131 Å². The first kappa shape index (κ1) is 23.5. The Labute approximate surface area is 200 Å². The highest BCUT2D eigenvalue weighted by molar-refractivity contribution is 7.13. The minimum atomic E-state index is -1.20. The number of carbonyl (C=O) groups excluding carboxylic acids is 3. The van der Waals surface area contributed by atoms with E-state index in [1.165, 1.54) is 23.5 Å². The highest BCUT2D eigenvalue weighted by Crippen LogP contribution is 2.24. The van der Waals surface area contributed by atoms with E-state index in [-0.39, 0.29) is 30.3 Å². The summed E-state index contributed by atoms with van der Waals surface area (Å²) in [5.74, 6) is -1.26. The maximum Gasteiger partial charge on any atom is 0.271 e. The van der Waals surface area contributed by atoms with Crippen molar-refractivity contribution in [2.45, 2.75) is 38.0 Å². The number of phenols is 1. The molecule has 176 valence electrons. The van der Waals surface area contributed by atoms with Crippen molar-refractivity contribution in [2.75, 3.05) is 6.61 Å². The average molecular weight is 481 g/mol. The summed E-state index contributed by atoms with van der Waals surface area (Å²) in [6, 6.07) is 9.03. The molecule has 1 aliphatic rings. The van der Waals surface area contributed by atoms with Crippen molar-refractivity contribution in [2.24, 2.45) is 0 Å². The molecule has 2 amide bonds. The molecule has 9 nitrogen and oxygen atoms in total. The van der Waals surface area contributed by atoms with Crippen LogP contribution in [0.3, 0.4) is 0 Å². The van der Waals surface area contributed by atoms with Gasteiger partial charge in [0.25, 0.3) is 5.91 Å². The van der Waals surface area contributed by atoms with Crippen LogP contribution in [-0.4, -0.2) is 57.0 Å². The van der Waals surface area contributed by atoms with Gasteiger partial charge in [-0.05, 0) is 43.7 Å². The van der Waals surface area contributed by atoms with Crippen LogP contribution in [0.4, 0.5) is 0 Å². The predicted molar refractivity (Wildman–Crippen MR) is 125 cm³/mol.